The van der Waals surface area contributed by atoms with E-state index in [0.29, 0.717) is 18.4 Å². The number of hydrogen-bond acceptors (Lipinski definition) is 2. The molecule has 3 heteroatoms. The zero-order valence-corrected chi connectivity index (χ0v) is 10.1. The average molecular weight is 212 g/mol. The van der Waals surface area contributed by atoms with Crippen LogP contribution in [0.15, 0.2) is 0 Å². The second-order valence-electron chi connectivity index (χ2n) is 4.99. The molecule has 88 valence electrons. The lowest BCUT2D eigenvalue weighted by atomic mass is 9.79. The minimum absolute atomic E-state index is 0.0178. The van der Waals surface area contributed by atoms with E-state index in [1.54, 1.807) is 0 Å². The highest BCUT2D eigenvalue weighted by Crippen LogP contribution is 2.29. The van der Waals surface area contributed by atoms with Crippen LogP contribution in [0.25, 0.3) is 0 Å². The molecule has 3 unspecified atom stereocenters. The molecular weight excluding hydrogens is 188 g/mol. The smallest absolute Gasteiger partial charge is 0.237 e. The Morgan fingerprint density at radius 3 is 2.60 bits per heavy atom. The largest absolute Gasteiger partial charge is 0.352 e. The topological polar surface area (TPSA) is 55.1 Å². The lowest BCUT2D eigenvalue weighted by Crippen LogP contribution is -2.47. The van der Waals surface area contributed by atoms with Gasteiger partial charge in [-0.05, 0) is 37.5 Å². The van der Waals surface area contributed by atoms with Gasteiger partial charge in [-0.25, -0.2) is 0 Å². The first-order chi connectivity index (χ1) is 7.04. The highest BCUT2D eigenvalue weighted by molar-refractivity contribution is 5.81. The Hall–Kier alpha value is -0.570. The molecule has 3 nitrogen and oxygen atoms in total. The third-order valence-corrected chi connectivity index (χ3v) is 3.72. The molecule has 1 fully saturated rings. The quantitative estimate of drug-likeness (QED) is 0.747. The number of amides is 1. The van der Waals surface area contributed by atoms with E-state index in [2.05, 4.69) is 19.2 Å². The number of nitrogens with one attached hydrogen (secondary N) is 1. The Morgan fingerprint density at radius 1 is 1.40 bits per heavy atom. The maximum atomic E-state index is 11.6. The maximum Gasteiger partial charge on any atom is 0.237 e. The molecular formula is C12H24N2O. The van der Waals surface area contributed by atoms with Crippen molar-refractivity contribution in [2.45, 2.75) is 58.5 Å². The molecule has 0 radical (unpaired) electrons. The molecule has 0 aromatic rings. The second kappa shape index (κ2) is 5.50. The molecule has 0 aromatic carbocycles. The van der Waals surface area contributed by atoms with Crippen molar-refractivity contribution >= 4 is 5.91 Å². The van der Waals surface area contributed by atoms with Crippen molar-refractivity contribution in [3.8, 4) is 0 Å². The summed E-state index contributed by atoms with van der Waals surface area (Å²) in [4.78, 5) is 11.6. The van der Waals surface area contributed by atoms with Crippen LogP contribution in [-0.2, 0) is 4.79 Å². The van der Waals surface area contributed by atoms with E-state index in [-0.39, 0.29) is 11.9 Å². The van der Waals surface area contributed by atoms with Gasteiger partial charge in [-0.2, -0.15) is 0 Å². The van der Waals surface area contributed by atoms with Crippen LogP contribution in [0.3, 0.4) is 0 Å². The van der Waals surface area contributed by atoms with Gasteiger partial charge in [0.25, 0.3) is 0 Å². The van der Waals surface area contributed by atoms with Gasteiger partial charge in [0.1, 0.15) is 0 Å². The highest BCUT2D eigenvalue weighted by Gasteiger charge is 2.26. The van der Waals surface area contributed by atoms with Crippen molar-refractivity contribution in [1.29, 1.82) is 0 Å². The number of hydrogen-bond donors (Lipinski definition) is 2. The van der Waals surface area contributed by atoms with E-state index in [4.69, 9.17) is 5.73 Å². The Balaban J connectivity index is 2.36. The van der Waals surface area contributed by atoms with Crippen LogP contribution in [0.2, 0.25) is 0 Å². The van der Waals surface area contributed by atoms with Gasteiger partial charge >= 0.3 is 0 Å². The fourth-order valence-electron chi connectivity index (χ4n) is 2.17. The van der Waals surface area contributed by atoms with Crippen molar-refractivity contribution in [1.82, 2.24) is 5.32 Å². The summed E-state index contributed by atoms with van der Waals surface area (Å²) in [6, 6.07) is 0.0148. The van der Waals surface area contributed by atoms with Gasteiger partial charge in [-0.15, -0.1) is 0 Å². The van der Waals surface area contributed by atoms with Gasteiger partial charge in [0.05, 0.1) is 6.04 Å². The molecule has 1 saturated carbocycles. The molecule has 3 N–H and O–H groups in total. The lowest BCUT2D eigenvalue weighted by molar-refractivity contribution is -0.123. The minimum Gasteiger partial charge on any atom is -0.352 e. The van der Waals surface area contributed by atoms with Crippen LogP contribution in [0.1, 0.15) is 46.5 Å². The highest BCUT2D eigenvalue weighted by atomic mass is 16.2. The van der Waals surface area contributed by atoms with Crippen molar-refractivity contribution in [2.75, 3.05) is 0 Å². The Labute approximate surface area is 92.8 Å². The summed E-state index contributed by atoms with van der Waals surface area (Å²) in [5.74, 6) is 1.52. The van der Waals surface area contributed by atoms with Gasteiger partial charge in [0.15, 0.2) is 0 Å². The molecule has 0 spiro atoms. The Morgan fingerprint density at radius 2 is 2.07 bits per heavy atom. The predicted octanol–water partition coefficient (Wildman–Crippen LogP) is 1.66. The SMILES string of the molecule is CC[C@@H](N)C(=O)NC1CCC(C)C(C)C1. The van der Waals surface area contributed by atoms with E-state index in [0.717, 1.165) is 18.8 Å². The number of carbonyl (C=O) groups is 1. The number of nitrogens with two attached hydrogens (primary N) is 1. The molecule has 0 heterocycles. The molecule has 0 aromatic heterocycles. The third kappa shape index (κ3) is 3.49. The van der Waals surface area contributed by atoms with Gasteiger partial charge in [0, 0.05) is 6.04 Å². The molecule has 0 saturated heterocycles. The van der Waals surface area contributed by atoms with Crippen molar-refractivity contribution in [3.63, 3.8) is 0 Å². The molecule has 0 bridgehead atoms. The van der Waals surface area contributed by atoms with E-state index in [1.165, 1.54) is 6.42 Å². The zero-order chi connectivity index (χ0) is 11.4. The predicted molar refractivity (Wildman–Crippen MR) is 62.4 cm³/mol. The summed E-state index contributed by atoms with van der Waals surface area (Å²) in [6.07, 6.45) is 4.13. The molecule has 1 amide bonds. The minimum atomic E-state index is -0.334. The average Bonchev–Trinajstić information content (AvgIpc) is 2.22. The van der Waals surface area contributed by atoms with Gasteiger partial charge in [0.2, 0.25) is 5.91 Å². The van der Waals surface area contributed by atoms with E-state index >= 15 is 0 Å². The summed E-state index contributed by atoms with van der Waals surface area (Å²) in [5.41, 5.74) is 5.68. The van der Waals surface area contributed by atoms with Crippen LogP contribution >= 0.6 is 0 Å². The van der Waals surface area contributed by atoms with Crippen molar-refractivity contribution in [3.05, 3.63) is 0 Å². The fourth-order valence-corrected chi connectivity index (χ4v) is 2.17. The first-order valence-corrected chi connectivity index (χ1v) is 6.10. The summed E-state index contributed by atoms with van der Waals surface area (Å²) in [6.45, 7) is 6.50. The van der Waals surface area contributed by atoms with E-state index < -0.39 is 0 Å². The van der Waals surface area contributed by atoms with Crippen molar-refractivity contribution in [2.24, 2.45) is 17.6 Å². The Kier molecular flexibility index (Phi) is 4.58. The molecule has 4 atom stereocenters. The van der Waals surface area contributed by atoms with Gasteiger partial charge in [-0.1, -0.05) is 20.8 Å². The summed E-state index contributed by atoms with van der Waals surface area (Å²) in [5, 5.41) is 3.06. The zero-order valence-electron chi connectivity index (χ0n) is 10.1. The van der Waals surface area contributed by atoms with Crippen LogP contribution in [-0.4, -0.2) is 18.0 Å². The second-order valence-corrected chi connectivity index (χ2v) is 4.99. The Bertz CT molecular complexity index is 218. The molecule has 15 heavy (non-hydrogen) atoms. The maximum absolute atomic E-state index is 11.6. The summed E-state index contributed by atoms with van der Waals surface area (Å²) in [7, 11) is 0. The summed E-state index contributed by atoms with van der Waals surface area (Å²) < 4.78 is 0. The standard InChI is InChI=1S/C12H24N2O/c1-4-11(13)12(15)14-10-6-5-8(2)9(3)7-10/h8-11H,4-7,13H2,1-3H3,(H,14,15)/t8?,9?,10?,11-/m1/s1. The first-order valence-electron chi connectivity index (χ1n) is 6.10. The van der Waals surface area contributed by atoms with Gasteiger partial charge < -0.3 is 11.1 Å². The third-order valence-electron chi connectivity index (χ3n) is 3.72. The van der Waals surface area contributed by atoms with Crippen LogP contribution in [0.4, 0.5) is 0 Å². The number of rotatable bonds is 3. The van der Waals surface area contributed by atoms with Crippen molar-refractivity contribution < 1.29 is 4.79 Å². The van der Waals surface area contributed by atoms with E-state index in [1.807, 2.05) is 6.92 Å². The van der Waals surface area contributed by atoms with Gasteiger partial charge in [-0.3, -0.25) is 4.79 Å². The molecule has 1 aliphatic carbocycles. The molecule has 1 rings (SSSR count). The lowest BCUT2D eigenvalue weighted by Gasteiger charge is -2.33. The monoisotopic (exact) mass is 212 g/mol. The normalized spacial score (nSPS) is 33.5. The fraction of sp³-hybridized carbons (Fsp3) is 0.917. The molecule has 1 aliphatic rings. The van der Waals surface area contributed by atoms with Crippen LogP contribution in [0.5, 0.6) is 0 Å². The van der Waals surface area contributed by atoms with E-state index in [9.17, 15) is 4.79 Å². The molecule has 0 aliphatic heterocycles. The van der Waals surface area contributed by atoms with Crippen LogP contribution < -0.4 is 11.1 Å². The first kappa shape index (κ1) is 12.5. The number of carbonyl (C=O) groups excluding carboxylic acids is 1. The summed E-state index contributed by atoms with van der Waals surface area (Å²) >= 11 is 0. The van der Waals surface area contributed by atoms with Crippen LogP contribution in [0, 0.1) is 11.8 Å².